The summed E-state index contributed by atoms with van der Waals surface area (Å²) in [6.45, 7) is 7.06. The standard InChI is InChI=1S/C16H25NO3/c1-16(2,19)14-7-8-17(12-14)11-13-3-5-15(6-4-13)20-10-9-18/h3-6,14,18-19H,7-12H2,1-2H3. The molecule has 1 aromatic rings. The Bertz CT molecular complexity index is 411. The normalized spacial score (nSPS) is 20.3. The lowest BCUT2D eigenvalue weighted by Crippen LogP contribution is -2.33. The van der Waals surface area contributed by atoms with Crippen molar-refractivity contribution in [3.05, 3.63) is 29.8 Å². The van der Waals surface area contributed by atoms with Gasteiger partial charge < -0.3 is 14.9 Å². The van der Waals surface area contributed by atoms with Gasteiger partial charge >= 0.3 is 0 Å². The number of hydrogen-bond acceptors (Lipinski definition) is 4. The van der Waals surface area contributed by atoms with E-state index in [4.69, 9.17) is 9.84 Å². The quantitative estimate of drug-likeness (QED) is 0.831. The third kappa shape index (κ3) is 4.20. The maximum absolute atomic E-state index is 10.1. The molecular weight excluding hydrogens is 254 g/mol. The van der Waals surface area contributed by atoms with E-state index in [2.05, 4.69) is 17.0 Å². The Hall–Kier alpha value is -1.10. The number of nitrogens with zero attached hydrogens (tertiary/aromatic N) is 1. The molecule has 4 heteroatoms. The van der Waals surface area contributed by atoms with E-state index in [1.807, 2.05) is 26.0 Å². The first-order valence-electron chi connectivity index (χ1n) is 7.26. The largest absolute Gasteiger partial charge is 0.491 e. The minimum absolute atomic E-state index is 0.0356. The zero-order valence-electron chi connectivity index (χ0n) is 12.4. The van der Waals surface area contributed by atoms with E-state index in [1.165, 1.54) is 5.56 Å². The van der Waals surface area contributed by atoms with Gasteiger partial charge in [0.25, 0.3) is 0 Å². The maximum atomic E-state index is 10.1. The van der Waals surface area contributed by atoms with Crippen LogP contribution in [0.3, 0.4) is 0 Å². The Kier molecular flexibility index (Phi) is 5.02. The number of likely N-dealkylation sites (tertiary alicyclic amines) is 1. The van der Waals surface area contributed by atoms with Gasteiger partial charge in [-0.1, -0.05) is 12.1 Å². The molecule has 4 nitrogen and oxygen atoms in total. The van der Waals surface area contributed by atoms with E-state index in [0.717, 1.165) is 31.8 Å². The highest BCUT2D eigenvalue weighted by Gasteiger charge is 2.33. The van der Waals surface area contributed by atoms with Crippen molar-refractivity contribution in [2.45, 2.75) is 32.4 Å². The first-order valence-corrected chi connectivity index (χ1v) is 7.26. The maximum Gasteiger partial charge on any atom is 0.119 e. The summed E-state index contributed by atoms with van der Waals surface area (Å²) in [6.07, 6.45) is 1.06. The molecule has 1 saturated heterocycles. The van der Waals surface area contributed by atoms with Crippen LogP contribution < -0.4 is 4.74 Å². The summed E-state index contributed by atoms with van der Waals surface area (Å²) in [7, 11) is 0. The predicted molar refractivity (Wildman–Crippen MR) is 78.7 cm³/mol. The van der Waals surface area contributed by atoms with Crippen LogP contribution in [0.15, 0.2) is 24.3 Å². The second-order valence-electron chi connectivity index (χ2n) is 6.09. The molecule has 0 bridgehead atoms. The molecule has 1 aliphatic heterocycles. The molecule has 0 radical (unpaired) electrons. The van der Waals surface area contributed by atoms with Gasteiger partial charge in [-0.2, -0.15) is 0 Å². The highest BCUT2D eigenvalue weighted by atomic mass is 16.5. The van der Waals surface area contributed by atoms with Crippen LogP contribution in [0, 0.1) is 5.92 Å². The summed E-state index contributed by atoms with van der Waals surface area (Å²) in [4.78, 5) is 2.38. The topological polar surface area (TPSA) is 52.9 Å². The van der Waals surface area contributed by atoms with Crippen LogP contribution in [0.2, 0.25) is 0 Å². The molecule has 0 amide bonds. The monoisotopic (exact) mass is 279 g/mol. The Balaban J connectivity index is 1.85. The van der Waals surface area contributed by atoms with Gasteiger partial charge in [-0.3, -0.25) is 4.90 Å². The van der Waals surface area contributed by atoms with Crippen LogP contribution in [0.1, 0.15) is 25.8 Å². The lowest BCUT2D eigenvalue weighted by Gasteiger charge is -2.25. The van der Waals surface area contributed by atoms with Gasteiger partial charge in [0.15, 0.2) is 0 Å². The van der Waals surface area contributed by atoms with Gasteiger partial charge in [0.05, 0.1) is 12.2 Å². The van der Waals surface area contributed by atoms with Gasteiger partial charge in [0.1, 0.15) is 12.4 Å². The van der Waals surface area contributed by atoms with E-state index in [1.54, 1.807) is 0 Å². The molecule has 0 spiro atoms. The summed E-state index contributed by atoms with van der Waals surface area (Å²) < 4.78 is 5.35. The highest BCUT2D eigenvalue weighted by molar-refractivity contribution is 5.27. The Labute approximate surface area is 121 Å². The van der Waals surface area contributed by atoms with Gasteiger partial charge in [0, 0.05) is 19.0 Å². The van der Waals surface area contributed by atoms with E-state index in [0.29, 0.717) is 12.5 Å². The van der Waals surface area contributed by atoms with Crippen molar-refractivity contribution in [2.24, 2.45) is 5.92 Å². The van der Waals surface area contributed by atoms with Crippen molar-refractivity contribution in [3.8, 4) is 5.75 Å². The number of hydrogen-bond donors (Lipinski definition) is 2. The number of rotatable bonds is 6. The molecule has 20 heavy (non-hydrogen) atoms. The zero-order valence-corrected chi connectivity index (χ0v) is 12.4. The van der Waals surface area contributed by atoms with Crippen molar-refractivity contribution in [3.63, 3.8) is 0 Å². The van der Waals surface area contributed by atoms with Crippen molar-refractivity contribution < 1.29 is 14.9 Å². The fraction of sp³-hybridized carbons (Fsp3) is 0.625. The predicted octanol–water partition coefficient (Wildman–Crippen LogP) is 1.65. The first kappa shape index (κ1) is 15.3. The average Bonchev–Trinajstić information content (AvgIpc) is 2.86. The van der Waals surface area contributed by atoms with Crippen molar-refractivity contribution in [1.29, 1.82) is 0 Å². The number of aliphatic hydroxyl groups excluding tert-OH is 1. The van der Waals surface area contributed by atoms with Gasteiger partial charge in [0.2, 0.25) is 0 Å². The van der Waals surface area contributed by atoms with Gasteiger partial charge in [-0.25, -0.2) is 0 Å². The summed E-state index contributed by atoms with van der Waals surface area (Å²) >= 11 is 0. The van der Waals surface area contributed by atoms with Crippen LogP contribution in [0.5, 0.6) is 5.75 Å². The number of benzene rings is 1. The summed E-state index contributed by atoms with van der Waals surface area (Å²) in [6, 6.07) is 8.00. The second-order valence-corrected chi connectivity index (χ2v) is 6.09. The molecule has 2 N–H and O–H groups in total. The third-order valence-corrected chi connectivity index (χ3v) is 3.96. The molecule has 1 heterocycles. The van der Waals surface area contributed by atoms with Crippen LogP contribution in [-0.2, 0) is 6.54 Å². The minimum atomic E-state index is -0.587. The fourth-order valence-electron chi connectivity index (χ4n) is 2.67. The molecule has 1 fully saturated rings. The van der Waals surface area contributed by atoms with Gasteiger partial charge in [-0.15, -0.1) is 0 Å². The molecular formula is C16H25NO3. The van der Waals surface area contributed by atoms with Crippen LogP contribution in [0.25, 0.3) is 0 Å². The van der Waals surface area contributed by atoms with Gasteiger partial charge in [-0.05, 0) is 44.5 Å². The van der Waals surface area contributed by atoms with Crippen LogP contribution in [-0.4, -0.2) is 47.0 Å². The fourth-order valence-corrected chi connectivity index (χ4v) is 2.67. The Morgan fingerprint density at radius 1 is 1.30 bits per heavy atom. The van der Waals surface area contributed by atoms with E-state index in [-0.39, 0.29) is 6.61 Å². The lowest BCUT2D eigenvalue weighted by atomic mass is 9.90. The molecule has 112 valence electrons. The third-order valence-electron chi connectivity index (χ3n) is 3.96. The van der Waals surface area contributed by atoms with Crippen LogP contribution >= 0.6 is 0 Å². The molecule has 1 aliphatic rings. The molecule has 1 unspecified atom stereocenters. The number of ether oxygens (including phenoxy) is 1. The Morgan fingerprint density at radius 3 is 2.55 bits per heavy atom. The average molecular weight is 279 g/mol. The summed E-state index contributed by atoms with van der Waals surface area (Å²) in [5, 5.41) is 18.8. The SMILES string of the molecule is CC(C)(O)C1CCN(Cc2ccc(OCCO)cc2)C1. The zero-order chi connectivity index (χ0) is 14.6. The summed E-state index contributed by atoms with van der Waals surface area (Å²) in [5.74, 6) is 1.15. The minimum Gasteiger partial charge on any atom is -0.491 e. The highest BCUT2D eigenvalue weighted by Crippen LogP contribution is 2.28. The lowest BCUT2D eigenvalue weighted by molar-refractivity contribution is 0.0208. The molecule has 0 aromatic heterocycles. The second kappa shape index (κ2) is 6.57. The van der Waals surface area contributed by atoms with E-state index in [9.17, 15) is 5.11 Å². The smallest absolute Gasteiger partial charge is 0.119 e. The van der Waals surface area contributed by atoms with Crippen molar-refractivity contribution >= 4 is 0 Å². The first-order chi connectivity index (χ1) is 9.49. The summed E-state index contributed by atoms with van der Waals surface area (Å²) in [5.41, 5.74) is 0.661. The van der Waals surface area contributed by atoms with E-state index < -0.39 is 5.60 Å². The van der Waals surface area contributed by atoms with Crippen LogP contribution in [0.4, 0.5) is 0 Å². The van der Waals surface area contributed by atoms with Crippen molar-refractivity contribution in [1.82, 2.24) is 4.90 Å². The van der Waals surface area contributed by atoms with Crippen molar-refractivity contribution in [2.75, 3.05) is 26.3 Å². The molecule has 2 rings (SSSR count). The molecule has 1 aromatic carbocycles. The number of aliphatic hydroxyl groups is 2. The van der Waals surface area contributed by atoms with E-state index >= 15 is 0 Å². The molecule has 0 saturated carbocycles. The Morgan fingerprint density at radius 2 is 2.00 bits per heavy atom. The molecule has 0 aliphatic carbocycles. The molecule has 1 atom stereocenters.